The predicted molar refractivity (Wildman–Crippen MR) is 107 cm³/mol. The summed E-state index contributed by atoms with van der Waals surface area (Å²) in [5.41, 5.74) is 0.725. The van der Waals surface area contributed by atoms with Crippen LogP contribution in [0.1, 0.15) is 41.4 Å². The molecule has 0 bridgehead atoms. The zero-order chi connectivity index (χ0) is 22.5. The van der Waals surface area contributed by atoms with Gasteiger partial charge in [0.05, 0.1) is 22.3 Å². The van der Waals surface area contributed by atoms with Gasteiger partial charge < -0.3 is 18.9 Å². The first-order chi connectivity index (χ1) is 15.5. The minimum Gasteiger partial charge on any atom is -0.481 e. The first kappa shape index (κ1) is 20.3. The number of fused-ring (bicyclic) bond motifs is 2. The number of cyclic esters (lactones) is 4. The molecule has 2 aromatic rings. The zero-order valence-electron chi connectivity index (χ0n) is 16.1. The van der Waals surface area contributed by atoms with Gasteiger partial charge in [-0.25, -0.2) is 19.2 Å². The lowest BCUT2D eigenvalue weighted by Crippen LogP contribution is -1.97. The van der Waals surface area contributed by atoms with E-state index in [1.165, 1.54) is 24.3 Å². The summed E-state index contributed by atoms with van der Waals surface area (Å²) in [6, 6.07) is 8.83. The van der Waals surface area contributed by atoms with E-state index in [1.54, 1.807) is 12.1 Å². The smallest absolute Gasteiger partial charge is 0.347 e. The average molecular weight is 426 g/mol. The van der Waals surface area contributed by atoms with Gasteiger partial charge in [-0.2, -0.15) is 0 Å². The van der Waals surface area contributed by atoms with E-state index >= 15 is 0 Å². The van der Waals surface area contributed by atoms with Crippen molar-refractivity contribution in [2.45, 2.75) is 0 Å². The average Bonchev–Trinajstić information content (AvgIpc) is 3.23. The molecule has 154 valence electrons. The Morgan fingerprint density at radius 1 is 0.562 bits per heavy atom. The van der Waals surface area contributed by atoms with E-state index in [0.717, 1.165) is 0 Å². The van der Waals surface area contributed by atoms with Crippen molar-refractivity contribution in [3.63, 3.8) is 0 Å². The number of hydrogen-bond acceptors (Lipinski definition) is 8. The van der Waals surface area contributed by atoms with Crippen LogP contribution in [0.15, 0.2) is 36.4 Å². The molecule has 4 rings (SSSR count). The monoisotopic (exact) mass is 426 g/mol. The van der Waals surface area contributed by atoms with Crippen molar-refractivity contribution in [1.82, 2.24) is 0 Å². The van der Waals surface area contributed by atoms with Crippen molar-refractivity contribution in [1.29, 1.82) is 0 Å². The maximum absolute atomic E-state index is 11.5. The second kappa shape index (κ2) is 8.79. The van der Waals surface area contributed by atoms with Crippen molar-refractivity contribution >= 4 is 23.9 Å². The third-order valence-corrected chi connectivity index (χ3v) is 4.22. The van der Waals surface area contributed by atoms with E-state index in [0.29, 0.717) is 11.5 Å². The number of hydrogen-bond donors (Lipinski definition) is 0. The normalized spacial score (nSPS) is 12.6. The molecule has 2 aliphatic rings. The fraction of sp³-hybridized carbons (Fsp3) is 0.0833. The number of carbonyl (C=O) groups is 4. The van der Waals surface area contributed by atoms with Gasteiger partial charge in [0.2, 0.25) is 0 Å². The van der Waals surface area contributed by atoms with Crippen LogP contribution >= 0.6 is 0 Å². The van der Waals surface area contributed by atoms with Crippen LogP contribution in [0.3, 0.4) is 0 Å². The van der Waals surface area contributed by atoms with Crippen LogP contribution < -0.4 is 9.47 Å². The van der Waals surface area contributed by atoms with E-state index in [4.69, 9.17) is 9.47 Å². The zero-order valence-corrected chi connectivity index (χ0v) is 16.1. The van der Waals surface area contributed by atoms with E-state index in [2.05, 4.69) is 45.0 Å². The number of benzene rings is 2. The van der Waals surface area contributed by atoms with Crippen molar-refractivity contribution in [3.8, 4) is 47.0 Å². The summed E-state index contributed by atoms with van der Waals surface area (Å²) in [7, 11) is 0. The van der Waals surface area contributed by atoms with Gasteiger partial charge in [-0.15, -0.1) is 0 Å². The Morgan fingerprint density at radius 3 is 1.41 bits per heavy atom. The predicted octanol–water partition coefficient (Wildman–Crippen LogP) is 1.78. The molecule has 0 N–H and O–H groups in total. The molecule has 0 unspecified atom stereocenters. The minimum atomic E-state index is -0.705. The molecule has 2 aromatic carbocycles. The van der Waals surface area contributed by atoms with Gasteiger partial charge >= 0.3 is 23.9 Å². The van der Waals surface area contributed by atoms with Crippen LogP contribution in [0.5, 0.6) is 11.5 Å². The molecular weight excluding hydrogens is 416 g/mol. The summed E-state index contributed by atoms with van der Waals surface area (Å²) in [5, 5.41) is 0. The largest absolute Gasteiger partial charge is 0.481 e. The van der Waals surface area contributed by atoms with Crippen molar-refractivity contribution < 1.29 is 38.1 Å². The summed E-state index contributed by atoms with van der Waals surface area (Å²) in [6.07, 6.45) is 0. The first-order valence-corrected chi connectivity index (χ1v) is 9.05. The highest BCUT2D eigenvalue weighted by atomic mass is 16.6. The van der Waals surface area contributed by atoms with Crippen molar-refractivity contribution in [2.24, 2.45) is 0 Å². The molecule has 0 saturated heterocycles. The molecule has 0 saturated carbocycles. The number of ether oxygens (including phenoxy) is 4. The van der Waals surface area contributed by atoms with Gasteiger partial charge in [0.25, 0.3) is 0 Å². The fourth-order valence-electron chi connectivity index (χ4n) is 2.77. The van der Waals surface area contributed by atoms with Crippen LogP contribution in [0.2, 0.25) is 0 Å². The molecule has 0 spiro atoms. The molecule has 32 heavy (non-hydrogen) atoms. The molecule has 0 atom stereocenters. The van der Waals surface area contributed by atoms with Crippen LogP contribution in [-0.4, -0.2) is 37.1 Å². The maximum atomic E-state index is 11.5. The lowest BCUT2D eigenvalue weighted by Gasteiger charge is -2.01. The van der Waals surface area contributed by atoms with Gasteiger partial charge in [0.1, 0.15) is 24.7 Å². The molecule has 8 nitrogen and oxygen atoms in total. The second-order valence-corrected chi connectivity index (χ2v) is 6.20. The Labute approximate surface area is 181 Å². The van der Waals surface area contributed by atoms with Crippen molar-refractivity contribution in [3.05, 3.63) is 58.7 Å². The molecule has 8 heteroatoms. The lowest BCUT2D eigenvalue weighted by atomic mass is 10.1. The molecule has 2 aliphatic heterocycles. The van der Waals surface area contributed by atoms with Crippen LogP contribution in [0, 0.1) is 35.5 Å². The molecular formula is C24H10O8. The van der Waals surface area contributed by atoms with E-state index in [9.17, 15) is 19.2 Å². The number of rotatable bonds is 4. The van der Waals surface area contributed by atoms with E-state index in [1.807, 2.05) is 0 Å². The Balaban J connectivity index is 1.23. The molecule has 0 amide bonds. The van der Waals surface area contributed by atoms with Gasteiger partial charge in [0.15, 0.2) is 0 Å². The number of esters is 4. The topological polar surface area (TPSA) is 105 Å². The summed E-state index contributed by atoms with van der Waals surface area (Å²) in [5.74, 6) is 13.5. The Hall–Kier alpha value is -5.00. The standard InChI is InChI=1S/C24H10O8/c25-21-17-9-7-15(13-19(17)23(27)31-21)29-11-5-3-1-2-4-6-12-30-16-8-10-18-20(14-16)24(28)32-22(18)26/h7-10,13-14H,11-12H2. The van der Waals surface area contributed by atoms with Gasteiger partial charge in [-0.1, -0.05) is 0 Å². The summed E-state index contributed by atoms with van der Waals surface area (Å²) in [4.78, 5) is 45.8. The Kier molecular flexibility index (Phi) is 5.57. The Morgan fingerprint density at radius 2 is 0.969 bits per heavy atom. The van der Waals surface area contributed by atoms with Gasteiger partial charge in [-0.3, -0.25) is 0 Å². The molecule has 0 radical (unpaired) electrons. The van der Waals surface area contributed by atoms with Crippen molar-refractivity contribution in [2.75, 3.05) is 13.2 Å². The van der Waals surface area contributed by atoms with Gasteiger partial charge in [0, 0.05) is 0 Å². The quantitative estimate of drug-likeness (QED) is 0.414. The third kappa shape index (κ3) is 4.28. The molecule has 0 aromatic heterocycles. The van der Waals surface area contributed by atoms with Crippen LogP contribution in [0.4, 0.5) is 0 Å². The summed E-state index contributed by atoms with van der Waals surface area (Å²) in [6.45, 7) is 0.0481. The van der Waals surface area contributed by atoms with E-state index < -0.39 is 23.9 Å². The first-order valence-electron chi connectivity index (χ1n) is 9.05. The Bertz CT molecular complexity index is 1260. The molecule has 0 aliphatic carbocycles. The molecule has 0 fully saturated rings. The highest BCUT2D eigenvalue weighted by Gasteiger charge is 2.30. The lowest BCUT2D eigenvalue weighted by molar-refractivity contribution is 0.0425. The molecule has 2 heterocycles. The highest BCUT2D eigenvalue weighted by molar-refractivity contribution is 6.15. The van der Waals surface area contributed by atoms with Gasteiger partial charge in [-0.05, 0) is 71.9 Å². The third-order valence-electron chi connectivity index (χ3n) is 4.22. The van der Waals surface area contributed by atoms with Crippen LogP contribution in [0.25, 0.3) is 0 Å². The second-order valence-electron chi connectivity index (χ2n) is 6.20. The maximum Gasteiger partial charge on any atom is 0.347 e. The summed E-state index contributed by atoms with van der Waals surface area (Å²) < 4.78 is 19.8. The van der Waals surface area contributed by atoms with Crippen LogP contribution in [-0.2, 0) is 9.47 Å². The summed E-state index contributed by atoms with van der Waals surface area (Å²) >= 11 is 0. The van der Waals surface area contributed by atoms with E-state index in [-0.39, 0.29) is 35.5 Å². The fourth-order valence-corrected chi connectivity index (χ4v) is 2.77. The minimum absolute atomic E-state index is 0.0241. The highest BCUT2D eigenvalue weighted by Crippen LogP contribution is 2.25. The number of carbonyl (C=O) groups excluding carboxylic acids is 4. The SMILES string of the molecule is O=C1OC(=O)c2cc(OCC#CC#CC#CCOc3ccc4c(c3)C(=O)OC4=O)ccc21.